The normalized spacial score (nSPS) is 18.7. The molecule has 0 spiro atoms. The highest BCUT2D eigenvalue weighted by molar-refractivity contribution is 5.48. The van der Waals surface area contributed by atoms with E-state index < -0.39 is 0 Å². The Bertz CT molecular complexity index is 624. The van der Waals surface area contributed by atoms with Gasteiger partial charge in [0.05, 0.1) is 18.0 Å². The van der Waals surface area contributed by atoms with Gasteiger partial charge in [-0.2, -0.15) is 5.26 Å². The van der Waals surface area contributed by atoms with Crippen molar-refractivity contribution in [2.75, 3.05) is 18.4 Å². The molecule has 1 aliphatic heterocycles. The summed E-state index contributed by atoms with van der Waals surface area (Å²) in [5.74, 6) is 0.669. The SMILES string of the molecule is CC(C)(C)OC=O.N#CC1(Nc2ccc(OC3CCNCC3)nc2)CCC1. The highest BCUT2D eigenvalue weighted by Gasteiger charge is 2.37. The largest absolute Gasteiger partial charge is 0.474 e. The topological polar surface area (TPSA) is 96.3 Å². The van der Waals surface area contributed by atoms with Gasteiger partial charge in [0, 0.05) is 6.07 Å². The van der Waals surface area contributed by atoms with Crippen LogP contribution in [0.3, 0.4) is 0 Å². The van der Waals surface area contributed by atoms with Crippen LogP contribution in [0.4, 0.5) is 5.69 Å². The molecule has 2 heterocycles. The molecule has 0 amide bonds. The summed E-state index contributed by atoms with van der Waals surface area (Å²) < 4.78 is 10.4. The Morgan fingerprint density at radius 2 is 2.04 bits per heavy atom. The average molecular weight is 374 g/mol. The molecule has 1 aromatic heterocycles. The molecule has 2 fully saturated rings. The van der Waals surface area contributed by atoms with Crippen molar-refractivity contribution in [3.05, 3.63) is 18.3 Å². The van der Waals surface area contributed by atoms with Gasteiger partial charge in [-0.15, -0.1) is 0 Å². The first kappa shape index (κ1) is 21.0. The van der Waals surface area contributed by atoms with Crippen molar-refractivity contribution in [1.29, 1.82) is 5.26 Å². The molecule has 1 saturated carbocycles. The van der Waals surface area contributed by atoms with Crippen molar-refractivity contribution >= 4 is 12.2 Å². The Morgan fingerprint density at radius 1 is 1.33 bits per heavy atom. The maximum atomic E-state index is 9.60. The van der Waals surface area contributed by atoms with E-state index in [1.54, 1.807) is 6.20 Å². The summed E-state index contributed by atoms with van der Waals surface area (Å²) in [5, 5.41) is 15.8. The summed E-state index contributed by atoms with van der Waals surface area (Å²) in [5.41, 5.74) is 0.199. The number of hydrogen-bond acceptors (Lipinski definition) is 7. The fraction of sp³-hybridized carbons (Fsp3) is 0.650. The summed E-state index contributed by atoms with van der Waals surface area (Å²) in [7, 11) is 0. The number of nitriles is 1. The lowest BCUT2D eigenvalue weighted by molar-refractivity contribution is -0.138. The van der Waals surface area contributed by atoms with Gasteiger partial charge < -0.3 is 20.1 Å². The maximum absolute atomic E-state index is 9.60. The second kappa shape index (κ2) is 9.56. The molecule has 3 rings (SSSR count). The van der Waals surface area contributed by atoms with Gasteiger partial charge in [0.2, 0.25) is 5.88 Å². The van der Waals surface area contributed by atoms with Crippen LogP contribution in [0.25, 0.3) is 0 Å². The number of pyridine rings is 1. The van der Waals surface area contributed by atoms with Gasteiger partial charge in [0.15, 0.2) is 0 Å². The fourth-order valence-electron chi connectivity index (χ4n) is 2.82. The van der Waals surface area contributed by atoms with Crippen LogP contribution in [-0.4, -0.2) is 41.8 Å². The van der Waals surface area contributed by atoms with Gasteiger partial charge in [0.1, 0.15) is 17.2 Å². The number of piperidine rings is 1. The zero-order chi connectivity index (χ0) is 19.8. The van der Waals surface area contributed by atoms with Gasteiger partial charge in [-0.3, -0.25) is 4.79 Å². The van der Waals surface area contributed by atoms with Crippen molar-refractivity contribution in [3.8, 4) is 11.9 Å². The Balaban J connectivity index is 0.000000321. The second-order valence-electron chi connectivity index (χ2n) is 7.95. The predicted octanol–water partition coefficient (Wildman–Crippen LogP) is 3.03. The maximum Gasteiger partial charge on any atom is 0.293 e. The molecule has 0 atom stereocenters. The molecule has 0 unspecified atom stereocenters. The molecule has 2 aliphatic rings. The van der Waals surface area contributed by atoms with E-state index in [0.717, 1.165) is 50.9 Å². The van der Waals surface area contributed by atoms with Crippen LogP contribution in [-0.2, 0) is 9.53 Å². The monoisotopic (exact) mass is 374 g/mol. The molecular formula is C20H30N4O3. The minimum absolute atomic E-state index is 0.264. The van der Waals surface area contributed by atoms with Crippen molar-refractivity contribution in [2.24, 2.45) is 0 Å². The number of rotatable bonds is 5. The van der Waals surface area contributed by atoms with Crippen LogP contribution in [0, 0.1) is 11.3 Å². The molecule has 148 valence electrons. The molecule has 0 radical (unpaired) electrons. The van der Waals surface area contributed by atoms with Crippen LogP contribution in [0.2, 0.25) is 0 Å². The number of ether oxygens (including phenoxy) is 2. The number of nitrogens with one attached hydrogen (secondary N) is 2. The van der Waals surface area contributed by atoms with Crippen LogP contribution in [0.5, 0.6) is 5.88 Å². The van der Waals surface area contributed by atoms with E-state index in [1.807, 2.05) is 32.9 Å². The molecule has 27 heavy (non-hydrogen) atoms. The van der Waals surface area contributed by atoms with Crippen LogP contribution in [0.1, 0.15) is 52.9 Å². The fourth-order valence-corrected chi connectivity index (χ4v) is 2.82. The summed E-state index contributed by atoms with van der Waals surface area (Å²) in [6, 6.07) is 6.19. The van der Waals surface area contributed by atoms with E-state index in [9.17, 15) is 10.1 Å². The molecule has 0 aromatic carbocycles. The molecule has 7 nitrogen and oxygen atoms in total. The van der Waals surface area contributed by atoms with Gasteiger partial charge in [-0.1, -0.05) is 0 Å². The number of hydrogen-bond donors (Lipinski definition) is 2. The van der Waals surface area contributed by atoms with E-state index in [-0.39, 0.29) is 17.2 Å². The van der Waals surface area contributed by atoms with Crippen LogP contribution in [0.15, 0.2) is 18.3 Å². The van der Waals surface area contributed by atoms with E-state index in [2.05, 4.69) is 26.4 Å². The number of nitrogens with zero attached hydrogens (tertiary/aromatic N) is 2. The van der Waals surface area contributed by atoms with Gasteiger partial charge >= 0.3 is 0 Å². The molecule has 7 heteroatoms. The first-order valence-electron chi connectivity index (χ1n) is 9.50. The van der Waals surface area contributed by atoms with E-state index in [0.29, 0.717) is 12.4 Å². The zero-order valence-electron chi connectivity index (χ0n) is 16.5. The molecule has 2 N–H and O–H groups in total. The highest BCUT2D eigenvalue weighted by Crippen LogP contribution is 2.34. The number of anilines is 1. The van der Waals surface area contributed by atoms with Crippen molar-refractivity contribution < 1.29 is 14.3 Å². The lowest BCUT2D eigenvalue weighted by atomic mass is 9.78. The lowest BCUT2D eigenvalue weighted by Crippen LogP contribution is -2.43. The van der Waals surface area contributed by atoms with Crippen molar-refractivity contribution in [2.45, 2.75) is 70.1 Å². The Morgan fingerprint density at radius 3 is 2.44 bits per heavy atom. The van der Waals surface area contributed by atoms with Crippen LogP contribution >= 0.6 is 0 Å². The summed E-state index contributed by atoms with van der Waals surface area (Å²) in [6.07, 6.45) is 7.02. The smallest absolute Gasteiger partial charge is 0.293 e. The third kappa shape index (κ3) is 7.06. The van der Waals surface area contributed by atoms with E-state index >= 15 is 0 Å². The van der Waals surface area contributed by atoms with Crippen LogP contribution < -0.4 is 15.4 Å². The van der Waals surface area contributed by atoms with Gasteiger partial charge in [0.25, 0.3) is 6.47 Å². The number of aromatic nitrogens is 1. The molecular weight excluding hydrogens is 344 g/mol. The third-order valence-corrected chi connectivity index (χ3v) is 4.52. The second-order valence-corrected chi connectivity index (χ2v) is 7.95. The Labute approximate surface area is 161 Å². The average Bonchev–Trinajstić information content (AvgIpc) is 2.60. The van der Waals surface area contributed by atoms with E-state index in [4.69, 9.17) is 4.74 Å². The quantitative estimate of drug-likeness (QED) is 0.765. The summed E-state index contributed by atoms with van der Waals surface area (Å²) in [6.45, 7) is 7.94. The summed E-state index contributed by atoms with van der Waals surface area (Å²) >= 11 is 0. The Hall–Kier alpha value is -2.33. The minimum Gasteiger partial charge on any atom is -0.474 e. The van der Waals surface area contributed by atoms with Crippen molar-refractivity contribution in [1.82, 2.24) is 10.3 Å². The molecule has 1 aliphatic carbocycles. The molecule has 0 bridgehead atoms. The number of carbonyl (C=O) groups is 1. The molecule has 1 aromatic rings. The zero-order valence-corrected chi connectivity index (χ0v) is 16.5. The molecule has 1 saturated heterocycles. The minimum atomic E-state index is -0.376. The van der Waals surface area contributed by atoms with Gasteiger partial charge in [-0.05, 0) is 72.0 Å². The predicted molar refractivity (Wildman–Crippen MR) is 103 cm³/mol. The standard InChI is InChI=1S/C15H20N4O.C5H10O2/c16-11-15(6-1-7-15)19-12-2-3-14(18-10-12)20-13-4-8-17-9-5-13;1-5(2,3)7-4-6/h2-3,10,13,17,19H,1,4-9H2;4H,1-3H3. The van der Waals surface area contributed by atoms with E-state index in [1.165, 1.54) is 0 Å². The first-order valence-corrected chi connectivity index (χ1v) is 9.50. The van der Waals surface area contributed by atoms with Gasteiger partial charge in [-0.25, -0.2) is 4.98 Å². The Kier molecular flexibility index (Phi) is 7.43. The lowest BCUT2D eigenvalue weighted by Gasteiger charge is -2.36. The first-order chi connectivity index (χ1) is 12.9. The number of carbonyl (C=O) groups excluding carboxylic acids is 1. The summed E-state index contributed by atoms with van der Waals surface area (Å²) in [4.78, 5) is 13.9. The third-order valence-electron chi connectivity index (χ3n) is 4.52. The highest BCUT2D eigenvalue weighted by atomic mass is 16.5. The van der Waals surface area contributed by atoms with Crippen molar-refractivity contribution in [3.63, 3.8) is 0 Å².